The van der Waals surface area contributed by atoms with Crippen LogP contribution in [0.5, 0.6) is 0 Å². The molecule has 110 valence electrons. The molecule has 2 aromatic rings. The Morgan fingerprint density at radius 1 is 1.29 bits per heavy atom. The van der Waals surface area contributed by atoms with E-state index < -0.39 is 0 Å². The number of hydrazine groups is 1. The average Bonchev–Trinajstić information content (AvgIpc) is 2.49. The molecule has 0 aliphatic carbocycles. The zero-order valence-electron chi connectivity index (χ0n) is 11.2. The number of benzene rings is 1. The first-order valence-electron chi connectivity index (χ1n) is 6.06. The lowest BCUT2D eigenvalue weighted by Crippen LogP contribution is -2.45. The van der Waals surface area contributed by atoms with E-state index in [1.165, 1.54) is 6.20 Å². The van der Waals surface area contributed by atoms with Crippen molar-refractivity contribution in [1.29, 1.82) is 0 Å². The average molecular weight is 342 g/mol. The summed E-state index contributed by atoms with van der Waals surface area (Å²) < 4.78 is 0. The number of nitrogens with zero attached hydrogens (tertiary/aromatic N) is 3. The van der Waals surface area contributed by atoms with Crippen molar-refractivity contribution in [3.63, 3.8) is 0 Å². The summed E-state index contributed by atoms with van der Waals surface area (Å²) in [5.41, 5.74) is 4.70. The predicted octanol–water partition coefficient (Wildman–Crippen LogP) is 2.80. The second-order valence-corrected chi connectivity index (χ2v) is 5.32. The molecule has 0 bridgehead atoms. The maximum atomic E-state index is 6.06. The van der Waals surface area contributed by atoms with Gasteiger partial charge in [-0.2, -0.15) is 5.10 Å². The second kappa shape index (κ2) is 7.40. The second-order valence-electron chi connectivity index (χ2n) is 4.17. The van der Waals surface area contributed by atoms with Crippen molar-refractivity contribution in [2.24, 2.45) is 0 Å². The number of nitrogens with one attached hydrogen (secondary N) is 2. The maximum Gasteiger partial charge on any atom is 0.185 e. The molecular weight excluding hydrogens is 329 g/mol. The molecule has 0 unspecified atom stereocenters. The Balaban J connectivity index is 1.92. The maximum absolute atomic E-state index is 6.06. The van der Waals surface area contributed by atoms with Crippen molar-refractivity contribution >= 4 is 46.2 Å². The minimum atomic E-state index is 0.144. The monoisotopic (exact) mass is 341 g/mol. The fourth-order valence-corrected chi connectivity index (χ4v) is 2.17. The lowest BCUT2D eigenvalue weighted by Gasteiger charge is -2.22. The Labute approximate surface area is 138 Å². The van der Waals surface area contributed by atoms with Gasteiger partial charge in [0.2, 0.25) is 0 Å². The van der Waals surface area contributed by atoms with E-state index >= 15 is 0 Å². The number of halogens is 2. The fourth-order valence-electron chi connectivity index (χ4n) is 1.60. The first-order valence-corrected chi connectivity index (χ1v) is 7.23. The van der Waals surface area contributed by atoms with Crippen LogP contribution in [0.3, 0.4) is 0 Å². The van der Waals surface area contributed by atoms with Crippen LogP contribution in [0.1, 0.15) is 5.56 Å². The highest BCUT2D eigenvalue weighted by atomic mass is 35.5. The molecule has 0 aliphatic rings. The summed E-state index contributed by atoms with van der Waals surface area (Å²) >= 11 is 17.1. The Morgan fingerprint density at radius 3 is 2.71 bits per heavy atom. The van der Waals surface area contributed by atoms with Gasteiger partial charge in [0.1, 0.15) is 5.02 Å². The van der Waals surface area contributed by atoms with E-state index in [-0.39, 0.29) is 5.15 Å². The summed E-state index contributed by atoms with van der Waals surface area (Å²) in [5.74, 6) is 0. The van der Waals surface area contributed by atoms with Gasteiger partial charge in [0.05, 0.1) is 11.9 Å². The SMILES string of the molecule is CN(NC(=S)NCc1ccccc1)c1cnnc(Cl)c1Cl. The predicted molar refractivity (Wildman–Crippen MR) is 89.5 cm³/mol. The van der Waals surface area contributed by atoms with Crippen molar-refractivity contribution in [2.75, 3.05) is 12.1 Å². The van der Waals surface area contributed by atoms with Crippen molar-refractivity contribution < 1.29 is 0 Å². The van der Waals surface area contributed by atoms with Gasteiger partial charge in [-0.15, -0.1) is 5.10 Å². The van der Waals surface area contributed by atoms with Gasteiger partial charge in [-0.05, 0) is 17.8 Å². The molecule has 5 nitrogen and oxygen atoms in total. The lowest BCUT2D eigenvalue weighted by molar-refractivity contribution is 0.811. The summed E-state index contributed by atoms with van der Waals surface area (Å²) in [5, 5.41) is 13.1. The molecule has 0 aliphatic heterocycles. The summed E-state index contributed by atoms with van der Waals surface area (Å²) in [6.07, 6.45) is 1.50. The molecule has 0 radical (unpaired) electrons. The van der Waals surface area contributed by atoms with Crippen LogP contribution < -0.4 is 15.8 Å². The molecule has 0 fully saturated rings. The van der Waals surface area contributed by atoms with Crippen LogP contribution in [0, 0.1) is 0 Å². The Bertz CT molecular complexity index is 623. The molecule has 0 saturated heterocycles. The summed E-state index contributed by atoms with van der Waals surface area (Å²) in [6, 6.07) is 9.95. The van der Waals surface area contributed by atoms with Crippen LogP contribution in [0.15, 0.2) is 36.5 Å². The van der Waals surface area contributed by atoms with Crippen LogP contribution in [-0.2, 0) is 6.54 Å². The number of hydrogen-bond donors (Lipinski definition) is 2. The number of anilines is 1. The molecule has 21 heavy (non-hydrogen) atoms. The third-order valence-corrected chi connectivity index (χ3v) is 3.63. The highest BCUT2D eigenvalue weighted by Crippen LogP contribution is 2.28. The van der Waals surface area contributed by atoms with Gasteiger partial charge in [-0.3, -0.25) is 10.4 Å². The van der Waals surface area contributed by atoms with E-state index in [0.717, 1.165) is 5.56 Å². The van der Waals surface area contributed by atoms with Gasteiger partial charge in [-0.25, -0.2) is 0 Å². The molecule has 1 heterocycles. The fraction of sp³-hybridized carbons (Fsp3) is 0.154. The first-order chi connectivity index (χ1) is 10.1. The number of hydrogen-bond acceptors (Lipinski definition) is 4. The number of rotatable bonds is 4. The molecule has 1 aromatic carbocycles. The molecule has 0 amide bonds. The summed E-state index contributed by atoms with van der Waals surface area (Å²) in [6.45, 7) is 0.629. The molecule has 2 rings (SSSR count). The first kappa shape index (κ1) is 15.8. The Hall–Kier alpha value is -1.63. The highest BCUT2D eigenvalue weighted by molar-refractivity contribution is 7.80. The van der Waals surface area contributed by atoms with Crippen LogP contribution >= 0.6 is 35.4 Å². The Morgan fingerprint density at radius 2 is 2.00 bits per heavy atom. The van der Waals surface area contributed by atoms with Crippen molar-refractivity contribution in [2.45, 2.75) is 6.54 Å². The van der Waals surface area contributed by atoms with Crippen molar-refractivity contribution in [3.8, 4) is 0 Å². The molecule has 0 saturated carbocycles. The Kier molecular flexibility index (Phi) is 5.55. The molecular formula is C13H13Cl2N5S. The van der Waals surface area contributed by atoms with E-state index in [0.29, 0.717) is 22.4 Å². The topological polar surface area (TPSA) is 53.1 Å². The quantitative estimate of drug-likeness (QED) is 0.658. The largest absolute Gasteiger partial charge is 0.357 e. The summed E-state index contributed by atoms with van der Waals surface area (Å²) in [7, 11) is 1.76. The van der Waals surface area contributed by atoms with Gasteiger partial charge in [0.25, 0.3) is 0 Å². The van der Waals surface area contributed by atoms with Crippen LogP contribution in [-0.4, -0.2) is 22.4 Å². The standard InChI is InChI=1S/C13H13Cl2N5S/c1-20(10-8-17-18-12(15)11(10)14)19-13(21)16-7-9-5-3-2-4-6-9/h2-6,8H,7H2,1H3,(H2,16,19,21). The van der Waals surface area contributed by atoms with E-state index in [1.807, 2.05) is 30.3 Å². The molecule has 1 aromatic heterocycles. The van der Waals surface area contributed by atoms with Gasteiger partial charge < -0.3 is 5.32 Å². The van der Waals surface area contributed by atoms with E-state index in [4.69, 9.17) is 35.4 Å². The molecule has 2 N–H and O–H groups in total. The van der Waals surface area contributed by atoms with E-state index in [9.17, 15) is 0 Å². The van der Waals surface area contributed by atoms with E-state index in [1.54, 1.807) is 12.1 Å². The van der Waals surface area contributed by atoms with Gasteiger partial charge >= 0.3 is 0 Å². The minimum Gasteiger partial charge on any atom is -0.357 e. The summed E-state index contributed by atoms with van der Waals surface area (Å²) in [4.78, 5) is 0. The van der Waals surface area contributed by atoms with Crippen LogP contribution in [0.25, 0.3) is 0 Å². The van der Waals surface area contributed by atoms with Crippen molar-refractivity contribution in [3.05, 3.63) is 52.3 Å². The zero-order chi connectivity index (χ0) is 15.2. The highest BCUT2D eigenvalue weighted by Gasteiger charge is 2.11. The van der Waals surface area contributed by atoms with Gasteiger partial charge in [-0.1, -0.05) is 53.5 Å². The molecule has 0 atom stereocenters. The normalized spacial score (nSPS) is 10.0. The van der Waals surface area contributed by atoms with Crippen LogP contribution in [0.2, 0.25) is 10.2 Å². The number of aromatic nitrogens is 2. The van der Waals surface area contributed by atoms with E-state index in [2.05, 4.69) is 20.9 Å². The van der Waals surface area contributed by atoms with Crippen LogP contribution in [0.4, 0.5) is 5.69 Å². The molecule has 0 spiro atoms. The minimum absolute atomic E-state index is 0.144. The lowest BCUT2D eigenvalue weighted by atomic mass is 10.2. The van der Waals surface area contributed by atoms with Gasteiger partial charge in [0.15, 0.2) is 10.3 Å². The smallest absolute Gasteiger partial charge is 0.185 e. The molecule has 8 heteroatoms. The third kappa shape index (κ3) is 4.42. The zero-order valence-corrected chi connectivity index (χ0v) is 13.5. The third-order valence-electron chi connectivity index (χ3n) is 2.66. The number of thiocarbonyl (C=S) groups is 1. The van der Waals surface area contributed by atoms with Gasteiger partial charge in [0, 0.05) is 13.6 Å². The van der Waals surface area contributed by atoms with Crippen molar-refractivity contribution in [1.82, 2.24) is 20.9 Å².